The van der Waals surface area contributed by atoms with Crippen LogP contribution in [0.5, 0.6) is 0 Å². The van der Waals surface area contributed by atoms with Crippen molar-refractivity contribution in [1.82, 2.24) is 4.90 Å². The summed E-state index contributed by atoms with van der Waals surface area (Å²) in [6.07, 6.45) is 0. The molecule has 0 radical (unpaired) electrons. The molecule has 0 bridgehead atoms. The molecular weight excluding hydrogens is 286 g/mol. The van der Waals surface area contributed by atoms with Crippen LogP contribution in [-0.4, -0.2) is 24.0 Å². The first-order valence-corrected chi connectivity index (χ1v) is 7.34. The standard InChI is InChI=1S/C17H14ClNO2/c1-11-3-2-4-12(9-11)17-15-10-13(18)5-6-14(15)16(20)19(17)7-8-21-17/h2-6,9-10H,7-8H2,1H3. The summed E-state index contributed by atoms with van der Waals surface area (Å²) in [5.41, 5.74) is 2.84. The van der Waals surface area contributed by atoms with Crippen molar-refractivity contribution in [3.63, 3.8) is 0 Å². The van der Waals surface area contributed by atoms with E-state index >= 15 is 0 Å². The van der Waals surface area contributed by atoms with Crippen LogP contribution < -0.4 is 0 Å². The van der Waals surface area contributed by atoms with Crippen molar-refractivity contribution in [1.29, 1.82) is 0 Å². The Morgan fingerprint density at radius 3 is 2.90 bits per heavy atom. The van der Waals surface area contributed by atoms with Gasteiger partial charge in [-0.05, 0) is 25.1 Å². The molecular formula is C17H14ClNO2. The van der Waals surface area contributed by atoms with Gasteiger partial charge in [-0.1, -0.05) is 41.4 Å². The molecule has 0 N–H and O–H groups in total. The number of aryl methyl sites for hydroxylation is 1. The van der Waals surface area contributed by atoms with Gasteiger partial charge in [0.1, 0.15) is 0 Å². The number of ether oxygens (including phenoxy) is 1. The highest BCUT2D eigenvalue weighted by atomic mass is 35.5. The summed E-state index contributed by atoms with van der Waals surface area (Å²) in [6, 6.07) is 13.5. The van der Waals surface area contributed by atoms with Crippen LogP contribution in [0.25, 0.3) is 0 Å². The smallest absolute Gasteiger partial charge is 0.257 e. The summed E-state index contributed by atoms with van der Waals surface area (Å²) in [5.74, 6) is 0.0145. The zero-order valence-corrected chi connectivity index (χ0v) is 12.4. The van der Waals surface area contributed by atoms with Crippen molar-refractivity contribution in [2.45, 2.75) is 12.6 Å². The highest BCUT2D eigenvalue weighted by Gasteiger charge is 2.55. The lowest BCUT2D eigenvalue weighted by atomic mass is 9.93. The summed E-state index contributed by atoms with van der Waals surface area (Å²) in [4.78, 5) is 14.5. The summed E-state index contributed by atoms with van der Waals surface area (Å²) in [7, 11) is 0. The largest absolute Gasteiger partial charge is 0.345 e. The van der Waals surface area contributed by atoms with Crippen LogP contribution in [0.4, 0.5) is 0 Å². The summed E-state index contributed by atoms with van der Waals surface area (Å²) in [5, 5.41) is 0.617. The minimum Gasteiger partial charge on any atom is -0.345 e. The lowest BCUT2D eigenvalue weighted by molar-refractivity contribution is -0.0304. The fourth-order valence-electron chi connectivity index (χ4n) is 3.37. The van der Waals surface area contributed by atoms with Gasteiger partial charge in [-0.3, -0.25) is 9.69 Å². The highest BCUT2D eigenvalue weighted by molar-refractivity contribution is 6.30. The fourth-order valence-corrected chi connectivity index (χ4v) is 3.54. The predicted octanol–water partition coefficient (Wildman–Crippen LogP) is 3.34. The molecule has 1 atom stereocenters. The Morgan fingerprint density at radius 1 is 1.24 bits per heavy atom. The lowest BCUT2D eigenvalue weighted by Gasteiger charge is -2.32. The Labute approximate surface area is 128 Å². The van der Waals surface area contributed by atoms with Gasteiger partial charge in [0, 0.05) is 28.3 Å². The zero-order chi connectivity index (χ0) is 14.6. The van der Waals surface area contributed by atoms with E-state index in [1.165, 1.54) is 0 Å². The number of hydrogen-bond acceptors (Lipinski definition) is 2. The molecule has 2 aliphatic heterocycles. The minimum atomic E-state index is -0.816. The molecule has 0 spiro atoms. The van der Waals surface area contributed by atoms with Gasteiger partial charge < -0.3 is 4.74 Å². The van der Waals surface area contributed by atoms with Gasteiger partial charge in [0.2, 0.25) is 0 Å². The van der Waals surface area contributed by atoms with Gasteiger partial charge in [0.05, 0.1) is 6.61 Å². The van der Waals surface area contributed by atoms with Gasteiger partial charge in [0.15, 0.2) is 5.72 Å². The Bertz CT molecular complexity index is 758. The number of carbonyl (C=O) groups is 1. The van der Waals surface area contributed by atoms with Crippen molar-refractivity contribution in [2.75, 3.05) is 13.2 Å². The van der Waals surface area contributed by atoms with E-state index in [2.05, 4.69) is 6.07 Å². The van der Waals surface area contributed by atoms with Crippen LogP contribution in [0, 0.1) is 6.92 Å². The Kier molecular flexibility index (Phi) is 2.65. The molecule has 3 nitrogen and oxygen atoms in total. The topological polar surface area (TPSA) is 29.5 Å². The second kappa shape index (κ2) is 4.33. The Morgan fingerprint density at radius 2 is 2.10 bits per heavy atom. The number of fused-ring (bicyclic) bond motifs is 3. The Hall–Kier alpha value is -1.84. The molecule has 1 fully saturated rings. The monoisotopic (exact) mass is 299 g/mol. The fraction of sp³-hybridized carbons (Fsp3) is 0.235. The van der Waals surface area contributed by atoms with E-state index in [1.54, 1.807) is 12.1 Å². The first-order chi connectivity index (χ1) is 10.1. The third-order valence-corrected chi connectivity index (χ3v) is 4.47. The number of amides is 1. The predicted molar refractivity (Wildman–Crippen MR) is 80.4 cm³/mol. The average Bonchev–Trinajstić information content (AvgIpc) is 3.00. The molecule has 1 amide bonds. The van der Waals surface area contributed by atoms with E-state index in [1.807, 2.05) is 36.1 Å². The van der Waals surface area contributed by atoms with Crippen LogP contribution in [0.2, 0.25) is 5.02 Å². The van der Waals surface area contributed by atoms with Crippen molar-refractivity contribution in [3.05, 3.63) is 69.7 Å². The van der Waals surface area contributed by atoms with E-state index in [-0.39, 0.29) is 5.91 Å². The number of rotatable bonds is 1. The van der Waals surface area contributed by atoms with Crippen molar-refractivity contribution in [3.8, 4) is 0 Å². The van der Waals surface area contributed by atoms with Gasteiger partial charge >= 0.3 is 0 Å². The molecule has 106 valence electrons. The summed E-state index contributed by atoms with van der Waals surface area (Å²) >= 11 is 6.16. The lowest BCUT2D eigenvalue weighted by Crippen LogP contribution is -2.40. The van der Waals surface area contributed by atoms with E-state index in [0.29, 0.717) is 23.7 Å². The van der Waals surface area contributed by atoms with E-state index in [0.717, 1.165) is 16.7 Å². The Balaban J connectivity index is 2.02. The SMILES string of the molecule is Cc1cccc(C23OCCN2C(=O)c2ccc(Cl)cc23)c1. The van der Waals surface area contributed by atoms with Crippen LogP contribution >= 0.6 is 11.6 Å². The van der Waals surface area contributed by atoms with Gasteiger partial charge in [-0.15, -0.1) is 0 Å². The first-order valence-electron chi connectivity index (χ1n) is 6.96. The first kappa shape index (κ1) is 12.9. The normalized spacial score (nSPS) is 23.3. The molecule has 4 rings (SSSR count). The quantitative estimate of drug-likeness (QED) is 0.808. The summed E-state index contributed by atoms with van der Waals surface area (Å²) < 4.78 is 6.10. The maximum Gasteiger partial charge on any atom is 0.257 e. The van der Waals surface area contributed by atoms with E-state index in [4.69, 9.17) is 16.3 Å². The van der Waals surface area contributed by atoms with E-state index in [9.17, 15) is 4.79 Å². The van der Waals surface area contributed by atoms with Gasteiger partial charge in [0.25, 0.3) is 5.91 Å². The van der Waals surface area contributed by atoms with Crippen molar-refractivity contribution >= 4 is 17.5 Å². The number of benzene rings is 2. The third kappa shape index (κ3) is 1.62. The molecule has 1 saturated heterocycles. The summed E-state index contributed by atoms with van der Waals surface area (Å²) in [6.45, 7) is 3.17. The number of halogens is 1. The number of carbonyl (C=O) groups excluding carboxylic acids is 1. The third-order valence-electron chi connectivity index (χ3n) is 4.24. The molecule has 4 heteroatoms. The zero-order valence-electron chi connectivity index (χ0n) is 11.6. The molecule has 1 unspecified atom stereocenters. The van der Waals surface area contributed by atoms with Gasteiger partial charge in [-0.2, -0.15) is 0 Å². The maximum atomic E-state index is 12.7. The maximum absolute atomic E-state index is 12.7. The highest BCUT2D eigenvalue weighted by Crippen LogP contribution is 2.48. The van der Waals surface area contributed by atoms with Crippen LogP contribution in [0.15, 0.2) is 42.5 Å². The van der Waals surface area contributed by atoms with E-state index < -0.39 is 5.72 Å². The van der Waals surface area contributed by atoms with Gasteiger partial charge in [-0.25, -0.2) is 0 Å². The van der Waals surface area contributed by atoms with Crippen LogP contribution in [0.1, 0.15) is 27.0 Å². The molecule has 0 saturated carbocycles. The molecule has 2 aliphatic rings. The van der Waals surface area contributed by atoms with Crippen molar-refractivity contribution < 1.29 is 9.53 Å². The molecule has 21 heavy (non-hydrogen) atoms. The second-order valence-corrected chi connectivity index (χ2v) is 5.95. The minimum absolute atomic E-state index is 0.0145. The van der Waals surface area contributed by atoms with Crippen LogP contribution in [0.3, 0.4) is 0 Å². The molecule has 2 heterocycles. The molecule has 0 aromatic heterocycles. The molecule has 2 aromatic rings. The molecule has 0 aliphatic carbocycles. The van der Waals surface area contributed by atoms with Crippen molar-refractivity contribution in [2.24, 2.45) is 0 Å². The number of nitrogens with zero attached hydrogens (tertiary/aromatic N) is 1. The average molecular weight is 300 g/mol. The number of hydrogen-bond donors (Lipinski definition) is 0. The van der Waals surface area contributed by atoms with Crippen LogP contribution in [-0.2, 0) is 10.5 Å². The second-order valence-electron chi connectivity index (χ2n) is 5.51. The molecule has 2 aromatic carbocycles.